The second-order valence-corrected chi connectivity index (χ2v) is 12.7. The summed E-state index contributed by atoms with van der Waals surface area (Å²) in [5, 5.41) is 11.4. The average molecular weight is 677 g/mol. The van der Waals surface area contributed by atoms with Crippen LogP contribution in [-0.4, -0.2) is 35.6 Å². The highest BCUT2D eigenvalue weighted by atomic mass is 35.5. The first-order valence-electron chi connectivity index (χ1n) is 15.6. The molecule has 1 aliphatic heterocycles. The number of fused-ring (bicyclic) bond motifs is 2. The largest absolute Gasteiger partial charge is 0.496 e. The lowest BCUT2D eigenvalue weighted by Gasteiger charge is -2.30. The fourth-order valence-electron chi connectivity index (χ4n) is 6.03. The standard InChI is InChI=1S/C38H33ClN4O4S/c1-5-42(6-2)37(45)33-23(3)41-38-43(35(33)34-29-10-8-7-9-26(29)15-17-31(34)46-4)36(44)32(48-38)20-27-19-28(39)16-18-30(27)47-22-25-13-11-24(21-40)12-14-25/h7-20,35H,5-6,22H2,1-4H3/b32-20+/t35-/m1/s1. The minimum atomic E-state index is -0.788. The van der Waals surface area contributed by atoms with Crippen LogP contribution in [0.2, 0.25) is 5.02 Å². The summed E-state index contributed by atoms with van der Waals surface area (Å²) in [6.45, 7) is 6.97. The fraction of sp³-hybridized carbons (Fsp3) is 0.211. The van der Waals surface area contributed by atoms with E-state index in [0.717, 1.165) is 21.9 Å². The van der Waals surface area contributed by atoms with Crippen LogP contribution in [0.4, 0.5) is 0 Å². The van der Waals surface area contributed by atoms with E-state index in [1.807, 2.05) is 69.3 Å². The fourth-order valence-corrected chi connectivity index (χ4v) is 7.24. The van der Waals surface area contributed by atoms with Gasteiger partial charge >= 0.3 is 0 Å². The number of methoxy groups -OCH3 is 1. The highest BCUT2D eigenvalue weighted by Crippen LogP contribution is 2.40. The summed E-state index contributed by atoms with van der Waals surface area (Å²) in [6.07, 6.45) is 1.76. The molecule has 0 unspecified atom stereocenters. The summed E-state index contributed by atoms with van der Waals surface area (Å²) in [4.78, 5) is 35.8. The van der Waals surface area contributed by atoms with E-state index in [1.165, 1.54) is 11.3 Å². The van der Waals surface area contributed by atoms with Crippen LogP contribution in [0.3, 0.4) is 0 Å². The topological polar surface area (TPSA) is 96.9 Å². The molecule has 0 bridgehead atoms. The Hall–Kier alpha value is -5.17. The number of hydrogen-bond donors (Lipinski definition) is 0. The number of nitrogens with zero attached hydrogens (tertiary/aromatic N) is 4. The summed E-state index contributed by atoms with van der Waals surface area (Å²) in [6, 6.07) is 25.5. The molecule has 2 heterocycles. The van der Waals surface area contributed by atoms with Crippen LogP contribution >= 0.6 is 22.9 Å². The second kappa shape index (κ2) is 13.9. The van der Waals surface area contributed by atoms with Crippen LogP contribution in [-0.2, 0) is 11.4 Å². The van der Waals surface area contributed by atoms with E-state index in [2.05, 4.69) is 6.07 Å². The van der Waals surface area contributed by atoms with Gasteiger partial charge in [-0.25, -0.2) is 4.99 Å². The number of carbonyl (C=O) groups excluding carboxylic acids is 1. The lowest BCUT2D eigenvalue weighted by Crippen LogP contribution is -2.43. The molecular formula is C38H33ClN4O4S. The van der Waals surface area contributed by atoms with Crippen molar-refractivity contribution in [3.05, 3.63) is 137 Å². The van der Waals surface area contributed by atoms with Crippen LogP contribution < -0.4 is 24.4 Å². The molecule has 5 aromatic rings. The summed E-state index contributed by atoms with van der Waals surface area (Å²) in [7, 11) is 1.60. The van der Waals surface area contributed by atoms with E-state index in [4.69, 9.17) is 31.3 Å². The number of halogens is 1. The summed E-state index contributed by atoms with van der Waals surface area (Å²) in [5.41, 5.74) is 3.49. The van der Waals surface area contributed by atoms with Crippen molar-refractivity contribution in [1.29, 1.82) is 5.26 Å². The number of rotatable bonds is 9. The molecule has 0 fully saturated rings. The maximum absolute atomic E-state index is 14.6. The number of amides is 1. The molecule has 0 saturated carbocycles. The molecule has 0 radical (unpaired) electrons. The van der Waals surface area contributed by atoms with Gasteiger partial charge in [0, 0.05) is 29.2 Å². The lowest BCUT2D eigenvalue weighted by molar-refractivity contribution is -0.127. The molecule has 0 aliphatic carbocycles. The van der Waals surface area contributed by atoms with Crippen molar-refractivity contribution in [3.63, 3.8) is 0 Å². The van der Waals surface area contributed by atoms with E-state index in [1.54, 1.807) is 53.0 Å². The number of hydrogen-bond acceptors (Lipinski definition) is 7. The molecule has 1 atom stereocenters. The van der Waals surface area contributed by atoms with Crippen molar-refractivity contribution in [2.45, 2.75) is 33.4 Å². The van der Waals surface area contributed by atoms with Crippen LogP contribution in [0.25, 0.3) is 16.8 Å². The van der Waals surface area contributed by atoms with E-state index >= 15 is 0 Å². The third-order valence-electron chi connectivity index (χ3n) is 8.46. The van der Waals surface area contributed by atoms with Crippen molar-refractivity contribution in [2.24, 2.45) is 4.99 Å². The van der Waals surface area contributed by atoms with Gasteiger partial charge in [-0.3, -0.25) is 14.2 Å². The number of nitriles is 1. The number of likely N-dealkylation sites (N-methyl/N-ethyl adjacent to an activating group) is 1. The smallest absolute Gasteiger partial charge is 0.271 e. The predicted octanol–water partition coefficient (Wildman–Crippen LogP) is 6.37. The van der Waals surface area contributed by atoms with Crippen molar-refractivity contribution < 1.29 is 14.3 Å². The Morgan fingerprint density at radius 1 is 1.06 bits per heavy atom. The van der Waals surface area contributed by atoms with Gasteiger partial charge in [-0.15, -0.1) is 0 Å². The average Bonchev–Trinajstić information content (AvgIpc) is 3.41. The number of allylic oxidation sites excluding steroid dienone is 1. The van der Waals surface area contributed by atoms with Gasteiger partial charge in [0.2, 0.25) is 0 Å². The first-order valence-corrected chi connectivity index (χ1v) is 16.8. The van der Waals surface area contributed by atoms with Gasteiger partial charge in [0.15, 0.2) is 4.80 Å². The molecule has 4 aromatic carbocycles. The molecule has 1 amide bonds. The van der Waals surface area contributed by atoms with Gasteiger partial charge in [0.05, 0.1) is 34.5 Å². The number of aromatic nitrogens is 1. The molecule has 0 N–H and O–H groups in total. The lowest BCUT2D eigenvalue weighted by atomic mass is 9.90. The quantitative estimate of drug-likeness (QED) is 0.181. The van der Waals surface area contributed by atoms with E-state index in [9.17, 15) is 9.59 Å². The van der Waals surface area contributed by atoms with Gasteiger partial charge in [-0.1, -0.05) is 65.4 Å². The number of thiazole rings is 1. The molecule has 242 valence electrons. The minimum absolute atomic E-state index is 0.177. The van der Waals surface area contributed by atoms with Crippen LogP contribution in [0, 0.1) is 11.3 Å². The van der Waals surface area contributed by atoms with Crippen molar-refractivity contribution >= 4 is 45.7 Å². The van der Waals surface area contributed by atoms with Crippen LogP contribution in [0.5, 0.6) is 11.5 Å². The molecule has 0 saturated heterocycles. The normalized spacial score (nSPS) is 14.3. The third-order valence-corrected chi connectivity index (χ3v) is 9.68. The van der Waals surface area contributed by atoms with Crippen molar-refractivity contribution in [3.8, 4) is 17.6 Å². The van der Waals surface area contributed by atoms with E-state index in [-0.39, 0.29) is 18.1 Å². The Bertz CT molecular complexity index is 2300. The Morgan fingerprint density at radius 3 is 2.50 bits per heavy atom. The molecular weight excluding hydrogens is 644 g/mol. The Kier molecular flexibility index (Phi) is 9.49. The van der Waals surface area contributed by atoms with E-state index in [0.29, 0.717) is 61.3 Å². The van der Waals surface area contributed by atoms with Crippen molar-refractivity contribution in [2.75, 3.05) is 20.2 Å². The third kappa shape index (κ3) is 6.13. The highest BCUT2D eigenvalue weighted by Gasteiger charge is 2.36. The molecule has 1 aromatic heterocycles. The molecule has 1 aliphatic rings. The van der Waals surface area contributed by atoms with Crippen LogP contribution in [0.1, 0.15) is 49.1 Å². The summed E-state index contributed by atoms with van der Waals surface area (Å²) in [5.74, 6) is 0.931. The van der Waals surface area contributed by atoms with Gasteiger partial charge < -0.3 is 14.4 Å². The highest BCUT2D eigenvalue weighted by molar-refractivity contribution is 7.07. The molecule has 48 heavy (non-hydrogen) atoms. The second-order valence-electron chi connectivity index (χ2n) is 11.2. The zero-order chi connectivity index (χ0) is 33.9. The Balaban J connectivity index is 1.54. The van der Waals surface area contributed by atoms with Crippen molar-refractivity contribution in [1.82, 2.24) is 9.47 Å². The summed E-state index contributed by atoms with van der Waals surface area (Å²) < 4.78 is 14.1. The maximum atomic E-state index is 14.6. The van der Waals surface area contributed by atoms with E-state index < -0.39 is 6.04 Å². The first-order chi connectivity index (χ1) is 23.3. The zero-order valence-corrected chi connectivity index (χ0v) is 28.6. The Labute approximate surface area is 287 Å². The zero-order valence-electron chi connectivity index (χ0n) is 27.0. The summed E-state index contributed by atoms with van der Waals surface area (Å²) >= 11 is 7.67. The molecule has 0 spiro atoms. The van der Waals surface area contributed by atoms with Gasteiger partial charge in [-0.05, 0) is 79.6 Å². The maximum Gasteiger partial charge on any atom is 0.271 e. The monoisotopic (exact) mass is 676 g/mol. The number of carbonyl (C=O) groups is 1. The molecule has 6 rings (SSSR count). The van der Waals surface area contributed by atoms with Gasteiger partial charge in [0.1, 0.15) is 24.1 Å². The van der Waals surface area contributed by atoms with Gasteiger partial charge in [-0.2, -0.15) is 5.26 Å². The number of benzene rings is 4. The number of ether oxygens (including phenoxy) is 2. The molecule has 8 nitrogen and oxygen atoms in total. The first kappa shape index (κ1) is 32.8. The SMILES string of the molecule is CCN(CC)C(=O)C1=C(C)N=c2s/c(=C/c3cc(Cl)ccc3OCc3ccc(C#N)cc3)c(=O)n2[C@H]1c1c(OC)ccc2ccccc12. The van der Waals surface area contributed by atoms with Gasteiger partial charge in [0.25, 0.3) is 11.5 Å². The molecule has 10 heteroatoms. The van der Waals surface area contributed by atoms with Crippen LogP contribution in [0.15, 0.2) is 99.9 Å². The predicted molar refractivity (Wildman–Crippen MR) is 189 cm³/mol. The Morgan fingerprint density at radius 2 is 1.79 bits per heavy atom. The minimum Gasteiger partial charge on any atom is -0.496 e.